The molecule has 0 bridgehead atoms. The standard InChI is InChI=1S/C19H21N3O/c1-14(22-8-10-23-11-9-22)15-2-4-16(5-3-15)17-6-7-18-19(12-17)21-13-20-18/h2-7,12-14H,8-11H2,1H3,(H,20,21)/t14-/m0/s1. The maximum atomic E-state index is 5.44. The van der Waals surface area contributed by atoms with Crippen molar-refractivity contribution in [1.29, 1.82) is 0 Å². The zero-order valence-electron chi connectivity index (χ0n) is 13.3. The molecule has 1 aromatic heterocycles. The summed E-state index contributed by atoms with van der Waals surface area (Å²) in [6.45, 7) is 5.98. The van der Waals surface area contributed by atoms with Crippen molar-refractivity contribution in [2.75, 3.05) is 26.3 Å². The van der Waals surface area contributed by atoms with Gasteiger partial charge >= 0.3 is 0 Å². The van der Waals surface area contributed by atoms with Gasteiger partial charge in [0.05, 0.1) is 30.6 Å². The van der Waals surface area contributed by atoms with Gasteiger partial charge in [-0.2, -0.15) is 0 Å². The van der Waals surface area contributed by atoms with E-state index < -0.39 is 0 Å². The highest BCUT2D eigenvalue weighted by molar-refractivity contribution is 5.81. The molecule has 4 heteroatoms. The molecule has 0 saturated carbocycles. The second-order valence-electron chi connectivity index (χ2n) is 6.08. The fourth-order valence-corrected chi connectivity index (χ4v) is 3.24. The van der Waals surface area contributed by atoms with Crippen LogP contribution in [0, 0.1) is 0 Å². The molecule has 0 amide bonds. The van der Waals surface area contributed by atoms with E-state index in [1.807, 2.05) is 0 Å². The highest BCUT2D eigenvalue weighted by atomic mass is 16.5. The fourth-order valence-electron chi connectivity index (χ4n) is 3.24. The van der Waals surface area contributed by atoms with Crippen LogP contribution in [0.15, 0.2) is 48.8 Å². The molecule has 1 saturated heterocycles. The average Bonchev–Trinajstić information content (AvgIpc) is 3.10. The van der Waals surface area contributed by atoms with Crippen LogP contribution in [0.4, 0.5) is 0 Å². The van der Waals surface area contributed by atoms with E-state index in [-0.39, 0.29) is 0 Å². The number of aromatic amines is 1. The third kappa shape index (κ3) is 2.87. The van der Waals surface area contributed by atoms with E-state index in [0.717, 1.165) is 37.3 Å². The van der Waals surface area contributed by atoms with Crippen LogP contribution in [0.3, 0.4) is 0 Å². The van der Waals surface area contributed by atoms with Gasteiger partial charge in [-0.25, -0.2) is 4.98 Å². The predicted molar refractivity (Wildman–Crippen MR) is 92.3 cm³/mol. The lowest BCUT2D eigenvalue weighted by Gasteiger charge is -2.32. The van der Waals surface area contributed by atoms with Crippen LogP contribution in [-0.4, -0.2) is 41.2 Å². The highest BCUT2D eigenvalue weighted by Gasteiger charge is 2.18. The molecule has 1 atom stereocenters. The molecule has 1 fully saturated rings. The number of nitrogens with one attached hydrogen (secondary N) is 1. The maximum absolute atomic E-state index is 5.44. The molecule has 23 heavy (non-hydrogen) atoms. The summed E-state index contributed by atoms with van der Waals surface area (Å²) in [6, 6.07) is 15.7. The lowest BCUT2D eigenvalue weighted by atomic mass is 10.00. The first kappa shape index (κ1) is 14.4. The Morgan fingerprint density at radius 3 is 2.57 bits per heavy atom. The fraction of sp³-hybridized carbons (Fsp3) is 0.316. The van der Waals surface area contributed by atoms with Crippen molar-refractivity contribution in [3.63, 3.8) is 0 Å². The number of hydrogen-bond donors (Lipinski definition) is 1. The van der Waals surface area contributed by atoms with Gasteiger partial charge in [0.25, 0.3) is 0 Å². The summed E-state index contributed by atoms with van der Waals surface area (Å²) in [5.41, 5.74) is 5.89. The molecular weight excluding hydrogens is 286 g/mol. The third-order valence-electron chi connectivity index (χ3n) is 4.74. The van der Waals surface area contributed by atoms with E-state index >= 15 is 0 Å². The van der Waals surface area contributed by atoms with Crippen molar-refractivity contribution in [3.8, 4) is 11.1 Å². The van der Waals surface area contributed by atoms with E-state index in [1.165, 1.54) is 16.7 Å². The van der Waals surface area contributed by atoms with Gasteiger partial charge in [-0.05, 0) is 35.7 Å². The number of ether oxygens (including phenoxy) is 1. The number of fused-ring (bicyclic) bond motifs is 1. The number of hydrogen-bond acceptors (Lipinski definition) is 3. The van der Waals surface area contributed by atoms with Crippen LogP contribution in [-0.2, 0) is 4.74 Å². The minimum Gasteiger partial charge on any atom is -0.379 e. The summed E-state index contributed by atoms with van der Waals surface area (Å²) < 4.78 is 5.44. The Morgan fingerprint density at radius 1 is 1.04 bits per heavy atom. The third-order valence-corrected chi connectivity index (χ3v) is 4.74. The first-order chi connectivity index (χ1) is 11.3. The minimum atomic E-state index is 0.433. The molecule has 1 N–H and O–H groups in total. The largest absolute Gasteiger partial charge is 0.379 e. The van der Waals surface area contributed by atoms with Gasteiger partial charge in [-0.15, -0.1) is 0 Å². The molecular formula is C19H21N3O. The van der Waals surface area contributed by atoms with Gasteiger partial charge in [-0.3, -0.25) is 4.90 Å². The van der Waals surface area contributed by atoms with Gasteiger partial charge in [0.2, 0.25) is 0 Å². The van der Waals surface area contributed by atoms with E-state index in [2.05, 4.69) is 64.3 Å². The van der Waals surface area contributed by atoms with Crippen LogP contribution >= 0.6 is 0 Å². The number of aromatic nitrogens is 2. The van der Waals surface area contributed by atoms with E-state index in [9.17, 15) is 0 Å². The van der Waals surface area contributed by atoms with Crippen LogP contribution in [0.25, 0.3) is 22.2 Å². The smallest absolute Gasteiger partial charge is 0.0931 e. The van der Waals surface area contributed by atoms with E-state index in [0.29, 0.717) is 6.04 Å². The van der Waals surface area contributed by atoms with Crippen molar-refractivity contribution in [2.24, 2.45) is 0 Å². The Labute approximate surface area is 136 Å². The van der Waals surface area contributed by atoms with Gasteiger partial charge in [0.15, 0.2) is 0 Å². The first-order valence-electron chi connectivity index (χ1n) is 8.16. The zero-order chi connectivity index (χ0) is 15.6. The lowest BCUT2D eigenvalue weighted by molar-refractivity contribution is 0.0198. The lowest BCUT2D eigenvalue weighted by Crippen LogP contribution is -2.37. The number of imidazole rings is 1. The summed E-state index contributed by atoms with van der Waals surface area (Å²) in [5, 5.41) is 0. The number of morpholine rings is 1. The maximum Gasteiger partial charge on any atom is 0.0931 e. The first-order valence-corrected chi connectivity index (χ1v) is 8.16. The molecule has 118 valence electrons. The number of nitrogens with zero attached hydrogens (tertiary/aromatic N) is 2. The molecule has 1 aliphatic rings. The Balaban J connectivity index is 1.57. The minimum absolute atomic E-state index is 0.433. The monoisotopic (exact) mass is 307 g/mol. The molecule has 0 spiro atoms. The van der Waals surface area contributed by atoms with Gasteiger partial charge in [-0.1, -0.05) is 30.3 Å². The molecule has 0 radical (unpaired) electrons. The Kier molecular flexibility index (Phi) is 3.85. The molecule has 3 aromatic rings. The molecule has 4 rings (SSSR count). The number of benzene rings is 2. The van der Waals surface area contributed by atoms with Gasteiger partial charge in [0, 0.05) is 19.1 Å². The van der Waals surface area contributed by atoms with Crippen LogP contribution in [0.2, 0.25) is 0 Å². The molecule has 4 nitrogen and oxygen atoms in total. The summed E-state index contributed by atoms with van der Waals surface area (Å²) in [6.07, 6.45) is 1.74. The molecule has 1 aliphatic heterocycles. The van der Waals surface area contributed by atoms with Crippen molar-refractivity contribution in [3.05, 3.63) is 54.4 Å². The molecule has 0 aliphatic carbocycles. The van der Waals surface area contributed by atoms with Crippen LogP contribution in [0.5, 0.6) is 0 Å². The van der Waals surface area contributed by atoms with Crippen molar-refractivity contribution >= 4 is 11.0 Å². The van der Waals surface area contributed by atoms with Crippen LogP contribution < -0.4 is 0 Å². The van der Waals surface area contributed by atoms with E-state index in [1.54, 1.807) is 6.33 Å². The normalized spacial score (nSPS) is 17.4. The quantitative estimate of drug-likeness (QED) is 0.803. The van der Waals surface area contributed by atoms with Crippen molar-refractivity contribution in [2.45, 2.75) is 13.0 Å². The van der Waals surface area contributed by atoms with Gasteiger partial charge in [0.1, 0.15) is 0 Å². The SMILES string of the molecule is C[C@@H](c1ccc(-c2ccc3nc[nH]c3c2)cc1)N1CCOCC1. The van der Waals surface area contributed by atoms with Crippen LogP contribution in [0.1, 0.15) is 18.5 Å². The Bertz CT molecular complexity index is 788. The average molecular weight is 307 g/mol. The summed E-state index contributed by atoms with van der Waals surface area (Å²) in [7, 11) is 0. The summed E-state index contributed by atoms with van der Waals surface area (Å²) in [5.74, 6) is 0. The highest BCUT2D eigenvalue weighted by Crippen LogP contribution is 2.26. The zero-order valence-corrected chi connectivity index (χ0v) is 13.3. The Hall–Kier alpha value is -2.17. The molecule has 0 unspecified atom stereocenters. The summed E-state index contributed by atoms with van der Waals surface area (Å²) in [4.78, 5) is 9.93. The van der Waals surface area contributed by atoms with Gasteiger partial charge < -0.3 is 9.72 Å². The van der Waals surface area contributed by atoms with Crippen molar-refractivity contribution in [1.82, 2.24) is 14.9 Å². The van der Waals surface area contributed by atoms with Crippen molar-refractivity contribution < 1.29 is 4.74 Å². The number of H-pyrrole nitrogens is 1. The second-order valence-corrected chi connectivity index (χ2v) is 6.08. The summed E-state index contributed by atoms with van der Waals surface area (Å²) >= 11 is 0. The number of rotatable bonds is 3. The molecule has 2 heterocycles. The Morgan fingerprint density at radius 2 is 1.78 bits per heavy atom. The molecule has 2 aromatic carbocycles. The second kappa shape index (κ2) is 6.14. The topological polar surface area (TPSA) is 41.2 Å². The van der Waals surface area contributed by atoms with E-state index in [4.69, 9.17) is 4.74 Å². The predicted octanol–water partition coefficient (Wildman–Crippen LogP) is 3.62.